The van der Waals surface area contributed by atoms with Crippen LogP contribution in [0.5, 0.6) is 0 Å². The van der Waals surface area contributed by atoms with Crippen molar-refractivity contribution in [3.05, 3.63) is 34.9 Å². The smallest absolute Gasteiger partial charge is 0.0434 e. The van der Waals surface area contributed by atoms with Gasteiger partial charge >= 0.3 is 0 Å². The van der Waals surface area contributed by atoms with Crippen LogP contribution >= 0.6 is 11.6 Å². The third kappa shape index (κ3) is 1.99. The summed E-state index contributed by atoms with van der Waals surface area (Å²) in [6, 6.07) is 8.38. The molecule has 0 bridgehead atoms. The van der Waals surface area contributed by atoms with Crippen LogP contribution in [-0.4, -0.2) is 6.54 Å². The minimum atomic E-state index is 0.271. The van der Waals surface area contributed by atoms with Gasteiger partial charge in [0.2, 0.25) is 0 Å². The first-order valence-electron chi connectivity index (χ1n) is 6.30. The summed E-state index contributed by atoms with van der Waals surface area (Å²) in [6.45, 7) is 1.20. The lowest BCUT2D eigenvalue weighted by molar-refractivity contribution is 0.184. The third-order valence-corrected chi connectivity index (χ3v) is 4.28. The second-order valence-corrected chi connectivity index (χ2v) is 5.70. The van der Waals surface area contributed by atoms with E-state index in [2.05, 4.69) is 17.4 Å². The fourth-order valence-corrected chi connectivity index (χ4v) is 2.65. The number of benzene rings is 1. The highest BCUT2D eigenvalue weighted by atomic mass is 35.5. The number of hydrogen-bond acceptors (Lipinski definition) is 1. The van der Waals surface area contributed by atoms with Gasteiger partial charge < -0.3 is 5.32 Å². The molecule has 1 N–H and O–H groups in total. The van der Waals surface area contributed by atoms with Crippen molar-refractivity contribution < 1.29 is 0 Å². The SMILES string of the molecule is Clc1ccc(C2(NCC3CC3)CCC2)cc1. The molecular formula is C14H18ClN. The predicted molar refractivity (Wildman–Crippen MR) is 67.7 cm³/mol. The Morgan fingerprint density at radius 2 is 1.88 bits per heavy atom. The van der Waals surface area contributed by atoms with E-state index in [1.807, 2.05) is 12.1 Å². The molecule has 16 heavy (non-hydrogen) atoms. The van der Waals surface area contributed by atoms with E-state index in [-0.39, 0.29) is 5.54 Å². The van der Waals surface area contributed by atoms with Crippen molar-refractivity contribution in [2.45, 2.75) is 37.6 Å². The molecule has 0 spiro atoms. The molecule has 0 amide bonds. The zero-order chi connectivity index (χ0) is 11.0. The maximum Gasteiger partial charge on any atom is 0.0434 e. The van der Waals surface area contributed by atoms with Gasteiger partial charge in [-0.15, -0.1) is 0 Å². The summed E-state index contributed by atoms with van der Waals surface area (Å²) in [7, 11) is 0. The standard InChI is InChI=1S/C14H18ClN/c15-13-6-4-12(5-7-13)14(8-1-9-14)16-10-11-2-3-11/h4-7,11,16H,1-3,8-10H2. The van der Waals surface area contributed by atoms with Crippen molar-refractivity contribution >= 4 is 11.6 Å². The Bertz CT molecular complexity index is 363. The van der Waals surface area contributed by atoms with Gasteiger partial charge in [0.05, 0.1) is 0 Å². The lowest BCUT2D eigenvalue weighted by atomic mass is 9.72. The summed E-state index contributed by atoms with van der Waals surface area (Å²) in [4.78, 5) is 0. The molecule has 0 heterocycles. The molecule has 0 unspecified atom stereocenters. The van der Waals surface area contributed by atoms with Crippen molar-refractivity contribution in [1.29, 1.82) is 0 Å². The molecular weight excluding hydrogens is 218 g/mol. The molecule has 0 aromatic heterocycles. The van der Waals surface area contributed by atoms with Crippen LogP contribution in [0.25, 0.3) is 0 Å². The van der Waals surface area contributed by atoms with Gasteiger partial charge in [-0.2, -0.15) is 0 Å². The molecule has 2 aliphatic rings. The molecule has 0 saturated heterocycles. The minimum Gasteiger partial charge on any atom is -0.307 e. The number of hydrogen-bond donors (Lipinski definition) is 1. The van der Waals surface area contributed by atoms with E-state index in [1.165, 1.54) is 44.2 Å². The predicted octanol–water partition coefficient (Wildman–Crippen LogP) is 3.72. The molecule has 0 aliphatic heterocycles. The highest BCUT2D eigenvalue weighted by molar-refractivity contribution is 6.30. The van der Waals surface area contributed by atoms with Gasteiger partial charge in [-0.1, -0.05) is 23.7 Å². The molecule has 3 rings (SSSR count). The van der Waals surface area contributed by atoms with Crippen LogP contribution in [0.15, 0.2) is 24.3 Å². The van der Waals surface area contributed by atoms with Crippen LogP contribution < -0.4 is 5.32 Å². The van der Waals surface area contributed by atoms with Crippen molar-refractivity contribution in [2.24, 2.45) is 5.92 Å². The fraction of sp³-hybridized carbons (Fsp3) is 0.571. The molecule has 2 aliphatic carbocycles. The Balaban J connectivity index is 1.74. The molecule has 2 fully saturated rings. The molecule has 0 radical (unpaired) electrons. The molecule has 2 heteroatoms. The first-order valence-corrected chi connectivity index (χ1v) is 6.67. The summed E-state index contributed by atoms with van der Waals surface area (Å²) in [5, 5.41) is 4.62. The zero-order valence-electron chi connectivity index (χ0n) is 9.51. The third-order valence-electron chi connectivity index (χ3n) is 4.03. The van der Waals surface area contributed by atoms with Crippen LogP contribution in [0.1, 0.15) is 37.7 Å². The van der Waals surface area contributed by atoms with Crippen LogP contribution in [0.2, 0.25) is 5.02 Å². The zero-order valence-corrected chi connectivity index (χ0v) is 10.3. The highest BCUT2D eigenvalue weighted by Gasteiger charge is 2.39. The van der Waals surface area contributed by atoms with Gasteiger partial charge in [0.25, 0.3) is 0 Å². The average Bonchev–Trinajstić information content (AvgIpc) is 3.03. The second-order valence-electron chi connectivity index (χ2n) is 5.27. The molecule has 1 aromatic carbocycles. The van der Waals surface area contributed by atoms with Crippen molar-refractivity contribution in [3.8, 4) is 0 Å². The molecule has 2 saturated carbocycles. The Morgan fingerprint density at radius 3 is 2.38 bits per heavy atom. The van der Waals surface area contributed by atoms with Crippen LogP contribution in [0, 0.1) is 5.92 Å². The van der Waals surface area contributed by atoms with Crippen molar-refractivity contribution in [1.82, 2.24) is 5.32 Å². The number of halogens is 1. The van der Waals surface area contributed by atoms with Gasteiger partial charge in [-0.25, -0.2) is 0 Å². The quantitative estimate of drug-likeness (QED) is 0.839. The largest absolute Gasteiger partial charge is 0.307 e. The van der Waals surface area contributed by atoms with Gasteiger partial charge in [0, 0.05) is 10.6 Å². The van der Waals surface area contributed by atoms with Crippen LogP contribution in [-0.2, 0) is 5.54 Å². The van der Waals surface area contributed by atoms with E-state index < -0.39 is 0 Å². The van der Waals surface area contributed by atoms with E-state index in [4.69, 9.17) is 11.6 Å². The van der Waals surface area contributed by atoms with E-state index in [9.17, 15) is 0 Å². The van der Waals surface area contributed by atoms with Crippen LogP contribution in [0.4, 0.5) is 0 Å². The average molecular weight is 236 g/mol. The monoisotopic (exact) mass is 235 g/mol. The Kier molecular flexibility index (Phi) is 2.68. The first-order chi connectivity index (χ1) is 7.78. The van der Waals surface area contributed by atoms with Gasteiger partial charge in [-0.3, -0.25) is 0 Å². The number of rotatable bonds is 4. The summed E-state index contributed by atoms with van der Waals surface area (Å²) >= 11 is 5.94. The van der Waals surface area contributed by atoms with Gasteiger partial charge in [0.1, 0.15) is 0 Å². The Hall–Kier alpha value is -0.530. The van der Waals surface area contributed by atoms with Crippen molar-refractivity contribution in [3.63, 3.8) is 0 Å². The molecule has 0 atom stereocenters. The minimum absolute atomic E-state index is 0.271. The van der Waals surface area contributed by atoms with Crippen molar-refractivity contribution in [2.75, 3.05) is 6.54 Å². The maximum absolute atomic E-state index is 5.94. The lowest BCUT2D eigenvalue weighted by Crippen LogP contribution is -2.48. The summed E-state index contributed by atoms with van der Waals surface area (Å²) in [6.07, 6.45) is 6.75. The van der Waals surface area contributed by atoms with Gasteiger partial charge in [0.15, 0.2) is 0 Å². The topological polar surface area (TPSA) is 12.0 Å². The normalized spacial score (nSPS) is 22.8. The van der Waals surface area contributed by atoms with Gasteiger partial charge in [-0.05, 0) is 62.3 Å². The van der Waals surface area contributed by atoms with Crippen LogP contribution in [0.3, 0.4) is 0 Å². The fourth-order valence-electron chi connectivity index (χ4n) is 2.53. The second kappa shape index (κ2) is 4.05. The number of nitrogens with one attached hydrogen (secondary N) is 1. The summed E-state index contributed by atoms with van der Waals surface area (Å²) in [5.41, 5.74) is 1.69. The van der Waals surface area contributed by atoms with E-state index in [1.54, 1.807) is 0 Å². The molecule has 86 valence electrons. The summed E-state index contributed by atoms with van der Waals surface area (Å²) in [5.74, 6) is 0.949. The molecule has 1 nitrogen and oxygen atoms in total. The lowest BCUT2D eigenvalue weighted by Gasteiger charge is -2.43. The molecule has 1 aromatic rings. The van der Waals surface area contributed by atoms with E-state index in [0.29, 0.717) is 0 Å². The maximum atomic E-state index is 5.94. The highest BCUT2D eigenvalue weighted by Crippen LogP contribution is 2.42. The first kappa shape index (κ1) is 10.6. The summed E-state index contributed by atoms with van der Waals surface area (Å²) < 4.78 is 0. The van der Waals surface area contributed by atoms with E-state index in [0.717, 1.165) is 10.9 Å². The Labute approximate surface area is 102 Å². The van der Waals surface area contributed by atoms with E-state index >= 15 is 0 Å². The Morgan fingerprint density at radius 1 is 1.19 bits per heavy atom.